The first-order chi connectivity index (χ1) is 15.6. The van der Waals surface area contributed by atoms with Crippen LogP contribution in [0.25, 0.3) is 16.8 Å². The first kappa shape index (κ1) is 20.2. The van der Waals surface area contributed by atoms with Gasteiger partial charge in [-0.3, -0.25) is 9.36 Å². The van der Waals surface area contributed by atoms with E-state index in [2.05, 4.69) is 17.1 Å². The molecule has 1 atom stereocenters. The molecule has 2 heterocycles. The van der Waals surface area contributed by atoms with E-state index in [0.29, 0.717) is 20.6 Å². The molecule has 0 spiro atoms. The normalized spacial score (nSPS) is 16.1. The number of aromatic nitrogens is 1. The van der Waals surface area contributed by atoms with Crippen molar-refractivity contribution >= 4 is 34.2 Å². The minimum absolute atomic E-state index is 0.176. The highest BCUT2D eigenvalue weighted by atomic mass is 32.1. The third-order valence-electron chi connectivity index (χ3n) is 5.65. The zero-order chi connectivity index (χ0) is 22.2. The number of benzene rings is 3. The van der Waals surface area contributed by atoms with E-state index in [0.717, 1.165) is 21.9 Å². The third-order valence-corrected chi connectivity index (χ3v) is 6.64. The Balaban J connectivity index is 1.77. The molecule has 0 N–H and O–H groups in total. The molecule has 4 aromatic rings. The number of carbonyl (C=O) groups is 1. The number of fused-ring (bicyclic) bond motifs is 2. The van der Waals surface area contributed by atoms with Crippen LogP contribution in [0.3, 0.4) is 0 Å². The van der Waals surface area contributed by atoms with Gasteiger partial charge < -0.3 is 4.74 Å². The van der Waals surface area contributed by atoms with Gasteiger partial charge in [0.1, 0.15) is 0 Å². The largest absolute Gasteiger partial charge is 0.466 e. The van der Waals surface area contributed by atoms with Crippen molar-refractivity contribution < 1.29 is 9.53 Å². The van der Waals surface area contributed by atoms with Crippen LogP contribution in [0.4, 0.5) is 0 Å². The zero-order valence-corrected chi connectivity index (χ0v) is 18.4. The second-order valence-corrected chi connectivity index (χ2v) is 8.56. The topological polar surface area (TPSA) is 60.7 Å². The van der Waals surface area contributed by atoms with Crippen LogP contribution < -0.4 is 14.9 Å². The molecule has 1 aromatic heterocycles. The number of esters is 1. The molecule has 0 saturated carbocycles. The van der Waals surface area contributed by atoms with Crippen LogP contribution in [0, 0.1) is 0 Å². The average Bonchev–Trinajstić information content (AvgIpc) is 3.13. The highest BCUT2D eigenvalue weighted by Crippen LogP contribution is 2.30. The molecule has 5 nitrogen and oxygen atoms in total. The minimum Gasteiger partial charge on any atom is -0.466 e. The molecule has 0 fully saturated rings. The quantitative estimate of drug-likeness (QED) is 0.458. The summed E-state index contributed by atoms with van der Waals surface area (Å²) in [7, 11) is 1.34. The maximum absolute atomic E-state index is 13.6. The summed E-state index contributed by atoms with van der Waals surface area (Å²) in [4.78, 5) is 31.4. The molecule has 0 amide bonds. The van der Waals surface area contributed by atoms with Crippen LogP contribution in [-0.4, -0.2) is 17.6 Å². The number of methoxy groups -OCH3 is 1. The fourth-order valence-corrected chi connectivity index (χ4v) is 5.20. The summed E-state index contributed by atoms with van der Waals surface area (Å²) >= 11 is 1.33. The Morgan fingerprint density at radius 3 is 2.53 bits per heavy atom. The van der Waals surface area contributed by atoms with Gasteiger partial charge in [-0.05, 0) is 34.9 Å². The van der Waals surface area contributed by atoms with E-state index in [4.69, 9.17) is 4.74 Å². The summed E-state index contributed by atoms with van der Waals surface area (Å²) in [6, 6.07) is 23.0. The first-order valence-electron chi connectivity index (χ1n) is 10.2. The highest BCUT2D eigenvalue weighted by molar-refractivity contribution is 7.07. The molecule has 0 unspecified atom stereocenters. The van der Waals surface area contributed by atoms with E-state index in [1.807, 2.05) is 66.7 Å². The van der Waals surface area contributed by atoms with Gasteiger partial charge in [0.05, 0.1) is 29.0 Å². The van der Waals surface area contributed by atoms with E-state index in [1.54, 1.807) is 11.5 Å². The van der Waals surface area contributed by atoms with Crippen molar-refractivity contribution in [1.82, 2.24) is 4.57 Å². The molecule has 32 heavy (non-hydrogen) atoms. The van der Waals surface area contributed by atoms with E-state index < -0.39 is 12.0 Å². The van der Waals surface area contributed by atoms with Crippen molar-refractivity contribution in [2.75, 3.05) is 7.11 Å². The summed E-state index contributed by atoms with van der Waals surface area (Å²) in [6.07, 6.45) is 1.91. The molecular weight excluding hydrogens is 420 g/mol. The molecule has 0 aliphatic carbocycles. The molecule has 0 saturated heterocycles. The van der Waals surface area contributed by atoms with Gasteiger partial charge in [0.2, 0.25) is 0 Å². The summed E-state index contributed by atoms with van der Waals surface area (Å²) in [5.74, 6) is -0.483. The van der Waals surface area contributed by atoms with Gasteiger partial charge in [-0.1, -0.05) is 84.1 Å². The maximum atomic E-state index is 13.6. The fourth-order valence-electron chi connectivity index (χ4n) is 4.16. The molecule has 6 heteroatoms. The number of ether oxygens (including phenoxy) is 1. The fraction of sp³-hybridized carbons (Fsp3) is 0.115. The van der Waals surface area contributed by atoms with Gasteiger partial charge in [-0.2, -0.15) is 0 Å². The van der Waals surface area contributed by atoms with Crippen molar-refractivity contribution in [2.24, 2.45) is 4.99 Å². The lowest BCUT2D eigenvalue weighted by Gasteiger charge is -2.24. The Labute approximate surface area is 188 Å². The lowest BCUT2D eigenvalue weighted by Crippen LogP contribution is -2.39. The Morgan fingerprint density at radius 1 is 1.03 bits per heavy atom. The predicted octanol–water partition coefficient (Wildman–Crippen LogP) is 3.56. The standard InChI is InChI=1S/C26H20N2O3S/c1-16-22(25(30)31-2)23(18-10-4-3-5-11-18)28-24(29)21(32-26(28)27-16)15-19-13-8-12-17-9-6-7-14-20(17)19/h3-15,23H,1-2H3/b21-15+/t23-/m0/s1. The van der Waals surface area contributed by atoms with Gasteiger partial charge in [0.15, 0.2) is 4.80 Å². The Hall–Kier alpha value is -3.77. The van der Waals surface area contributed by atoms with Crippen LogP contribution in [0.5, 0.6) is 0 Å². The van der Waals surface area contributed by atoms with Crippen LogP contribution in [0.15, 0.2) is 93.9 Å². The summed E-state index contributed by atoms with van der Waals surface area (Å²) in [6.45, 7) is 1.78. The smallest absolute Gasteiger partial charge is 0.338 e. The van der Waals surface area contributed by atoms with Crippen LogP contribution in [0.1, 0.15) is 24.1 Å². The number of hydrogen-bond acceptors (Lipinski definition) is 5. The summed E-state index contributed by atoms with van der Waals surface area (Å²) in [5, 5.41) is 2.19. The molecule has 1 aliphatic rings. The van der Waals surface area contributed by atoms with Crippen molar-refractivity contribution in [2.45, 2.75) is 13.0 Å². The number of thiazole rings is 1. The number of rotatable bonds is 3. The molecule has 1 aliphatic heterocycles. The van der Waals surface area contributed by atoms with Gasteiger partial charge >= 0.3 is 5.97 Å². The molecule has 0 bridgehead atoms. The van der Waals surface area contributed by atoms with E-state index in [1.165, 1.54) is 18.4 Å². The molecule has 158 valence electrons. The number of carbonyl (C=O) groups excluding carboxylic acids is 1. The van der Waals surface area contributed by atoms with Crippen molar-refractivity contribution in [3.63, 3.8) is 0 Å². The summed E-state index contributed by atoms with van der Waals surface area (Å²) in [5.41, 5.74) is 2.56. The second-order valence-electron chi connectivity index (χ2n) is 7.55. The Kier molecular flexibility index (Phi) is 5.07. The first-order valence-corrected chi connectivity index (χ1v) is 11.0. The third kappa shape index (κ3) is 3.29. The van der Waals surface area contributed by atoms with Crippen LogP contribution in [-0.2, 0) is 9.53 Å². The Bertz CT molecular complexity index is 1560. The lowest BCUT2D eigenvalue weighted by molar-refractivity contribution is -0.136. The minimum atomic E-state index is -0.588. The van der Waals surface area contributed by atoms with Gasteiger partial charge in [-0.15, -0.1) is 0 Å². The number of nitrogens with zero attached hydrogens (tertiary/aromatic N) is 2. The maximum Gasteiger partial charge on any atom is 0.338 e. The SMILES string of the molecule is COC(=O)C1=C(C)N=c2s/c(=C/c3cccc4ccccc34)c(=O)n2[C@H]1c1ccccc1. The van der Waals surface area contributed by atoms with Crippen LogP contribution in [0.2, 0.25) is 0 Å². The van der Waals surface area contributed by atoms with Gasteiger partial charge in [0, 0.05) is 0 Å². The summed E-state index contributed by atoms with van der Waals surface area (Å²) < 4.78 is 7.22. The number of allylic oxidation sites excluding steroid dienone is 1. The van der Waals surface area contributed by atoms with Crippen molar-refractivity contribution in [3.8, 4) is 0 Å². The van der Waals surface area contributed by atoms with Gasteiger partial charge in [-0.25, -0.2) is 9.79 Å². The average molecular weight is 441 g/mol. The van der Waals surface area contributed by atoms with E-state index >= 15 is 0 Å². The number of hydrogen-bond donors (Lipinski definition) is 0. The monoisotopic (exact) mass is 440 g/mol. The molecule has 3 aromatic carbocycles. The highest BCUT2D eigenvalue weighted by Gasteiger charge is 2.32. The lowest BCUT2D eigenvalue weighted by atomic mass is 9.96. The van der Waals surface area contributed by atoms with E-state index in [9.17, 15) is 9.59 Å². The zero-order valence-electron chi connectivity index (χ0n) is 17.6. The predicted molar refractivity (Wildman–Crippen MR) is 126 cm³/mol. The van der Waals surface area contributed by atoms with Crippen LogP contribution >= 0.6 is 11.3 Å². The van der Waals surface area contributed by atoms with E-state index in [-0.39, 0.29) is 5.56 Å². The molecule has 0 radical (unpaired) electrons. The molecular formula is C26H20N2O3S. The van der Waals surface area contributed by atoms with Crippen molar-refractivity contribution in [3.05, 3.63) is 115 Å². The second kappa shape index (κ2) is 8.05. The van der Waals surface area contributed by atoms with Gasteiger partial charge in [0.25, 0.3) is 5.56 Å². The Morgan fingerprint density at radius 2 is 1.75 bits per heavy atom. The van der Waals surface area contributed by atoms with Crippen molar-refractivity contribution in [1.29, 1.82) is 0 Å². The molecule has 5 rings (SSSR count).